The second-order valence-corrected chi connectivity index (χ2v) is 6.24. The molecular weight excluding hydrogens is 316 g/mol. The number of hydrogen-bond acceptors (Lipinski definition) is 4. The van der Waals surface area contributed by atoms with Crippen LogP contribution in [-0.4, -0.2) is 4.92 Å². The highest BCUT2D eigenvalue weighted by molar-refractivity contribution is 9.11. The van der Waals surface area contributed by atoms with Crippen molar-refractivity contribution < 1.29 is 4.92 Å². The van der Waals surface area contributed by atoms with Crippen LogP contribution in [0.1, 0.15) is 10.4 Å². The monoisotopic (exact) mass is 326 g/mol. The summed E-state index contributed by atoms with van der Waals surface area (Å²) in [5.41, 5.74) is 0.871. The molecule has 4 nitrogen and oxygen atoms in total. The fourth-order valence-corrected chi connectivity index (χ4v) is 3.06. The molecule has 2 aromatic rings. The van der Waals surface area contributed by atoms with Crippen molar-refractivity contribution in [2.45, 2.75) is 13.1 Å². The summed E-state index contributed by atoms with van der Waals surface area (Å²) in [5, 5.41) is 14.0. The first-order chi connectivity index (χ1) is 8.66. The molecule has 0 radical (unpaired) electrons. The summed E-state index contributed by atoms with van der Waals surface area (Å²) in [4.78, 5) is 11.7. The molecule has 0 saturated heterocycles. The van der Waals surface area contributed by atoms with E-state index >= 15 is 0 Å². The minimum absolute atomic E-state index is 0.164. The van der Waals surface area contributed by atoms with E-state index in [1.807, 2.05) is 18.2 Å². The minimum atomic E-state index is -0.348. The Kier molecular flexibility index (Phi) is 4.46. The van der Waals surface area contributed by atoms with E-state index in [4.69, 9.17) is 0 Å². The molecule has 0 aliphatic carbocycles. The minimum Gasteiger partial charge on any atom is -0.308 e. The smallest absolute Gasteiger partial charge is 0.273 e. The van der Waals surface area contributed by atoms with Crippen molar-refractivity contribution >= 4 is 33.0 Å². The quantitative estimate of drug-likeness (QED) is 0.673. The Hall–Kier alpha value is -1.24. The normalized spacial score (nSPS) is 10.5. The number of nitrogens with one attached hydrogen (secondary N) is 1. The molecule has 0 unspecified atom stereocenters. The van der Waals surface area contributed by atoms with E-state index in [-0.39, 0.29) is 10.6 Å². The molecule has 2 rings (SSSR count). The highest BCUT2D eigenvalue weighted by atomic mass is 79.9. The van der Waals surface area contributed by atoms with E-state index in [0.717, 1.165) is 3.79 Å². The molecule has 0 fully saturated rings. The number of hydrogen-bond donors (Lipinski definition) is 1. The van der Waals surface area contributed by atoms with E-state index in [9.17, 15) is 10.1 Å². The van der Waals surface area contributed by atoms with Gasteiger partial charge in [-0.2, -0.15) is 0 Å². The average Bonchev–Trinajstić information content (AvgIpc) is 2.75. The van der Waals surface area contributed by atoms with E-state index in [1.165, 1.54) is 10.9 Å². The molecule has 6 heteroatoms. The lowest BCUT2D eigenvalue weighted by molar-refractivity contribution is -0.385. The van der Waals surface area contributed by atoms with Gasteiger partial charge < -0.3 is 5.32 Å². The Morgan fingerprint density at radius 2 is 2.00 bits per heavy atom. The SMILES string of the molecule is O=[N+]([O-])c1ccccc1CNCc1ccc(Br)s1. The van der Waals surface area contributed by atoms with Crippen molar-refractivity contribution in [2.75, 3.05) is 0 Å². The van der Waals surface area contributed by atoms with E-state index in [1.54, 1.807) is 23.5 Å². The summed E-state index contributed by atoms with van der Waals surface area (Å²) < 4.78 is 1.09. The third-order valence-corrected chi connectivity index (χ3v) is 4.06. The average molecular weight is 327 g/mol. The third kappa shape index (κ3) is 3.38. The van der Waals surface area contributed by atoms with Crippen LogP contribution < -0.4 is 5.32 Å². The molecular formula is C12H11BrN2O2S. The Balaban J connectivity index is 1.96. The van der Waals surface area contributed by atoms with Crippen molar-refractivity contribution in [1.29, 1.82) is 0 Å². The summed E-state index contributed by atoms with van der Waals surface area (Å²) >= 11 is 5.05. The van der Waals surface area contributed by atoms with Crippen LogP contribution in [0.5, 0.6) is 0 Å². The van der Waals surface area contributed by atoms with Gasteiger partial charge in [0.15, 0.2) is 0 Å². The Morgan fingerprint density at radius 1 is 1.22 bits per heavy atom. The van der Waals surface area contributed by atoms with Crippen LogP contribution in [0.15, 0.2) is 40.2 Å². The molecule has 1 aromatic carbocycles. The van der Waals surface area contributed by atoms with Crippen molar-refractivity contribution in [3.8, 4) is 0 Å². The largest absolute Gasteiger partial charge is 0.308 e. The van der Waals surface area contributed by atoms with Crippen LogP contribution in [0, 0.1) is 10.1 Å². The number of nitrogens with zero attached hydrogens (tertiary/aromatic N) is 1. The van der Waals surface area contributed by atoms with Crippen molar-refractivity contribution in [3.63, 3.8) is 0 Å². The fourth-order valence-electron chi connectivity index (χ4n) is 1.61. The van der Waals surface area contributed by atoms with Gasteiger partial charge in [-0.15, -0.1) is 11.3 Å². The molecule has 18 heavy (non-hydrogen) atoms. The number of nitro benzene ring substituents is 1. The van der Waals surface area contributed by atoms with Crippen molar-refractivity contribution in [1.82, 2.24) is 5.32 Å². The lowest BCUT2D eigenvalue weighted by Gasteiger charge is -2.04. The Bertz CT molecular complexity index is 557. The van der Waals surface area contributed by atoms with Crippen LogP contribution in [0.3, 0.4) is 0 Å². The van der Waals surface area contributed by atoms with Crippen LogP contribution in [0.2, 0.25) is 0 Å². The summed E-state index contributed by atoms with van der Waals surface area (Å²) in [6, 6.07) is 10.8. The number of para-hydroxylation sites is 1. The van der Waals surface area contributed by atoms with Gasteiger partial charge in [0.05, 0.1) is 8.71 Å². The summed E-state index contributed by atoms with van der Waals surface area (Å²) in [6.07, 6.45) is 0. The predicted molar refractivity (Wildman–Crippen MR) is 75.7 cm³/mol. The van der Waals surface area contributed by atoms with Gasteiger partial charge in [-0.1, -0.05) is 18.2 Å². The molecule has 0 atom stereocenters. The molecule has 0 saturated carbocycles. The second kappa shape index (κ2) is 6.08. The van der Waals surface area contributed by atoms with Crippen molar-refractivity contribution in [2.24, 2.45) is 0 Å². The van der Waals surface area contributed by atoms with E-state index in [2.05, 4.69) is 21.2 Å². The van der Waals surface area contributed by atoms with Gasteiger partial charge in [-0.25, -0.2) is 0 Å². The molecule has 1 heterocycles. The molecule has 0 bridgehead atoms. The highest BCUT2D eigenvalue weighted by Gasteiger charge is 2.11. The lowest BCUT2D eigenvalue weighted by Crippen LogP contribution is -2.12. The van der Waals surface area contributed by atoms with Gasteiger partial charge in [0.25, 0.3) is 5.69 Å². The van der Waals surface area contributed by atoms with Gasteiger partial charge in [0.2, 0.25) is 0 Å². The van der Waals surface area contributed by atoms with Crippen LogP contribution in [-0.2, 0) is 13.1 Å². The van der Waals surface area contributed by atoms with Crippen LogP contribution in [0.25, 0.3) is 0 Å². The van der Waals surface area contributed by atoms with Gasteiger partial charge in [-0.3, -0.25) is 10.1 Å². The molecule has 0 amide bonds. The summed E-state index contributed by atoms with van der Waals surface area (Å²) in [7, 11) is 0. The summed E-state index contributed by atoms with van der Waals surface area (Å²) in [5.74, 6) is 0. The topological polar surface area (TPSA) is 55.2 Å². The standard InChI is InChI=1S/C12H11BrN2O2S/c13-12-6-5-10(18-12)8-14-7-9-3-1-2-4-11(9)15(16)17/h1-6,14H,7-8H2. The maximum atomic E-state index is 10.8. The Labute approximate surface area is 117 Å². The first kappa shape index (κ1) is 13.2. The molecule has 1 N–H and O–H groups in total. The van der Waals surface area contributed by atoms with Crippen LogP contribution >= 0.6 is 27.3 Å². The number of nitro groups is 1. The number of halogens is 1. The third-order valence-electron chi connectivity index (χ3n) is 2.43. The first-order valence-electron chi connectivity index (χ1n) is 5.34. The van der Waals surface area contributed by atoms with Crippen molar-refractivity contribution in [3.05, 3.63) is 60.7 Å². The zero-order chi connectivity index (χ0) is 13.0. The van der Waals surface area contributed by atoms with Crippen LogP contribution in [0.4, 0.5) is 5.69 Å². The maximum Gasteiger partial charge on any atom is 0.273 e. The number of rotatable bonds is 5. The molecule has 0 spiro atoms. The van der Waals surface area contributed by atoms with Gasteiger partial charge in [0.1, 0.15) is 0 Å². The zero-order valence-corrected chi connectivity index (χ0v) is 11.8. The van der Waals surface area contributed by atoms with Gasteiger partial charge in [0, 0.05) is 29.6 Å². The zero-order valence-electron chi connectivity index (χ0n) is 9.43. The van der Waals surface area contributed by atoms with Gasteiger partial charge in [-0.05, 0) is 28.1 Å². The number of benzene rings is 1. The maximum absolute atomic E-state index is 10.8. The highest BCUT2D eigenvalue weighted by Crippen LogP contribution is 2.22. The number of thiophene rings is 1. The molecule has 1 aromatic heterocycles. The predicted octanol–water partition coefficient (Wildman–Crippen LogP) is 3.71. The second-order valence-electron chi connectivity index (χ2n) is 3.70. The fraction of sp³-hybridized carbons (Fsp3) is 0.167. The van der Waals surface area contributed by atoms with Gasteiger partial charge >= 0.3 is 0 Å². The molecule has 0 aliphatic rings. The van der Waals surface area contributed by atoms with E-state index in [0.29, 0.717) is 18.7 Å². The Morgan fingerprint density at radius 3 is 2.67 bits per heavy atom. The summed E-state index contributed by atoms with van der Waals surface area (Å²) in [6.45, 7) is 1.20. The van der Waals surface area contributed by atoms with E-state index < -0.39 is 0 Å². The molecule has 94 valence electrons. The lowest BCUT2D eigenvalue weighted by atomic mass is 10.2. The molecule has 0 aliphatic heterocycles. The first-order valence-corrected chi connectivity index (χ1v) is 6.95.